The molecule has 0 aliphatic carbocycles. The van der Waals surface area contributed by atoms with E-state index in [1.54, 1.807) is 30.6 Å². The van der Waals surface area contributed by atoms with Gasteiger partial charge in [0.15, 0.2) is 0 Å². The Morgan fingerprint density at radius 2 is 2.05 bits per heavy atom. The normalized spacial score (nSPS) is 10.6. The van der Waals surface area contributed by atoms with Gasteiger partial charge in [0.05, 0.1) is 11.2 Å². The minimum Gasteiger partial charge on any atom is -0.454 e. The molecule has 106 valence electrons. The molecule has 20 heavy (non-hydrogen) atoms. The van der Waals surface area contributed by atoms with Crippen LogP contribution in [-0.4, -0.2) is 11.5 Å². The molecule has 1 N–H and O–H groups in total. The minimum absolute atomic E-state index is 0.519. The van der Waals surface area contributed by atoms with Gasteiger partial charge in [0.1, 0.15) is 11.5 Å². The highest BCUT2D eigenvalue weighted by Gasteiger charge is 2.08. The van der Waals surface area contributed by atoms with Crippen molar-refractivity contribution in [3.8, 4) is 11.5 Å². The number of ether oxygens (including phenoxy) is 1. The first-order valence-electron chi connectivity index (χ1n) is 6.47. The molecule has 0 saturated carbocycles. The molecule has 2 aromatic rings. The number of halogens is 2. The van der Waals surface area contributed by atoms with E-state index in [1.807, 2.05) is 6.07 Å². The van der Waals surface area contributed by atoms with Gasteiger partial charge in [-0.25, -0.2) is 0 Å². The average molecular weight is 311 g/mol. The number of hydrogen-bond donors (Lipinski definition) is 1. The van der Waals surface area contributed by atoms with Gasteiger partial charge in [-0.3, -0.25) is 4.98 Å². The van der Waals surface area contributed by atoms with Crippen molar-refractivity contribution in [1.29, 1.82) is 0 Å². The van der Waals surface area contributed by atoms with Crippen LogP contribution in [0.15, 0.2) is 36.7 Å². The maximum Gasteiger partial charge on any atom is 0.150 e. The lowest BCUT2D eigenvalue weighted by Crippen LogP contribution is -2.14. The van der Waals surface area contributed by atoms with Crippen molar-refractivity contribution in [2.45, 2.75) is 19.9 Å². The summed E-state index contributed by atoms with van der Waals surface area (Å²) >= 11 is 12.1. The molecule has 0 bridgehead atoms. The molecule has 0 aliphatic rings. The monoisotopic (exact) mass is 310 g/mol. The van der Waals surface area contributed by atoms with Gasteiger partial charge in [-0.15, -0.1) is 0 Å². The molecule has 0 spiro atoms. The first kappa shape index (κ1) is 15.1. The zero-order chi connectivity index (χ0) is 14.4. The van der Waals surface area contributed by atoms with Crippen LogP contribution in [0.3, 0.4) is 0 Å². The van der Waals surface area contributed by atoms with Crippen LogP contribution in [0.2, 0.25) is 10.0 Å². The van der Waals surface area contributed by atoms with E-state index in [1.165, 1.54) is 0 Å². The molecule has 0 unspecified atom stereocenters. The molecule has 0 fully saturated rings. The van der Waals surface area contributed by atoms with E-state index >= 15 is 0 Å². The van der Waals surface area contributed by atoms with Gasteiger partial charge in [-0.1, -0.05) is 30.1 Å². The topological polar surface area (TPSA) is 34.2 Å². The fourth-order valence-electron chi connectivity index (χ4n) is 1.72. The van der Waals surface area contributed by atoms with Crippen molar-refractivity contribution in [1.82, 2.24) is 10.3 Å². The second kappa shape index (κ2) is 7.48. The molecule has 0 aliphatic heterocycles. The zero-order valence-corrected chi connectivity index (χ0v) is 12.7. The molecule has 0 saturated heterocycles. The number of pyridine rings is 1. The quantitative estimate of drug-likeness (QED) is 0.787. The van der Waals surface area contributed by atoms with Crippen LogP contribution in [0, 0.1) is 0 Å². The van der Waals surface area contributed by atoms with Crippen LogP contribution in [0.25, 0.3) is 0 Å². The Labute approximate surface area is 128 Å². The van der Waals surface area contributed by atoms with Crippen molar-refractivity contribution in [3.05, 3.63) is 52.3 Å². The highest BCUT2D eigenvalue weighted by molar-refractivity contribution is 6.34. The Balaban J connectivity index is 2.18. The lowest BCUT2D eigenvalue weighted by Gasteiger charge is -2.12. The van der Waals surface area contributed by atoms with Crippen molar-refractivity contribution in [2.24, 2.45) is 0 Å². The first-order chi connectivity index (χ1) is 9.70. The van der Waals surface area contributed by atoms with Crippen molar-refractivity contribution in [2.75, 3.05) is 6.54 Å². The smallest absolute Gasteiger partial charge is 0.150 e. The van der Waals surface area contributed by atoms with Crippen LogP contribution in [-0.2, 0) is 6.54 Å². The van der Waals surface area contributed by atoms with Gasteiger partial charge in [-0.05, 0) is 31.2 Å². The van der Waals surface area contributed by atoms with Gasteiger partial charge in [0.25, 0.3) is 0 Å². The second-order valence-electron chi connectivity index (χ2n) is 4.34. The van der Waals surface area contributed by atoms with E-state index in [9.17, 15) is 0 Å². The molecular weight excluding hydrogens is 295 g/mol. The third kappa shape index (κ3) is 4.10. The van der Waals surface area contributed by atoms with Gasteiger partial charge in [0.2, 0.25) is 0 Å². The summed E-state index contributed by atoms with van der Waals surface area (Å²) in [4.78, 5) is 4.09. The Hall–Kier alpha value is -1.29. The van der Waals surface area contributed by atoms with Gasteiger partial charge in [0, 0.05) is 29.4 Å². The number of benzene rings is 1. The third-order valence-corrected chi connectivity index (χ3v) is 3.27. The number of nitrogens with one attached hydrogen (secondary N) is 1. The average Bonchev–Trinajstić information content (AvgIpc) is 2.45. The van der Waals surface area contributed by atoms with Crippen molar-refractivity contribution < 1.29 is 4.74 Å². The van der Waals surface area contributed by atoms with E-state index in [0.717, 1.165) is 25.1 Å². The summed E-state index contributed by atoms with van der Waals surface area (Å²) < 4.78 is 5.83. The number of nitrogens with zero attached hydrogens (tertiary/aromatic N) is 1. The molecule has 1 aromatic carbocycles. The van der Waals surface area contributed by atoms with Crippen LogP contribution in [0.4, 0.5) is 0 Å². The van der Waals surface area contributed by atoms with Crippen LogP contribution in [0.1, 0.15) is 18.9 Å². The summed E-state index contributed by atoms with van der Waals surface area (Å²) in [5.41, 5.74) is 1.03. The zero-order valence-electron chi connectivity index (χ0n) is 11.2. The number of aromatic nitrogens is 1. The SMILES string of the molecule is CCCNCc1ccncc1Oc1cc(Cl)ccc1Cl. The number of rotatable bonds is 6. The van der Waals surface area contributed by atoms with Crippen LogP contribution >= 0.6 is 23.2 Å². The fraction of sp³-hybridized carbons (Fsp3) is 0.267. The number of hydrogen-bond acceptors (Lipinski definition) is 3. The van der Waals surface area contributed by atoms with E-state index in [4.69, 9.17) is 27.9 Å². The second-order valence-corrected chi connectivity index (χ2v) is 5.18. The molecule has 0 amide bonds. The molecule has 3 nitrogen and oxygen atoms in total. The Kier molecular flexibility index (Phi) is 5.65. The maximum absolute atomic E-state index is 6.11. The highest BCUT2D eigenvalue weighted by atomic mass is 35.5. The summed E-state index contributed by atoms with van der Waals surface area (Å²) in [6.07, 6.45) is 4.51. The molecule has 0 radical (unpaired) electrons. The van der Waals surface area contributed by atoms with E-state index in [0.29, 0.717) is 21.5 Å². The predicted molar refractivity (Wildman–Crippen MR) is 82.8 cm³/mol. The van der Waals surface area contributed by atoms with Gasteiger partial charge >= 0.3 is 0 Å². The highest BCUT2D eigenvalue weighted by Crippen LogP contribution is 2.32. The largest absolute Gasteiger partial charge is 0.454 e. The summed E-state index contributed by atoms with van der Waals surface area (Å²) in [7, 11) is 0. The Morgan fingerprint density at radius 3 is 2.85 bits per heavy atom. The molecule has 5 heteroatoms. The van der Waals surface area contributed by atoms with Gasteiger partial charge < -0.3 is 10.1 Å². The van der Waals surface area contributed by atoms with Crippen LogP contribution in [0.5, 0.6) is 11.5 Å². The standard InChI is InChI=1S/C15H16Cl2N2O/c1-2-6-18-9-11-5-7-19-10-15(11)20-14-8-12(16)3-4-13(14)17/h3-5,7-8,10,18H,2,6,9H2,1H3. The molecular formula is C15H16Cl2N2O. The summed E-state index contributed by atoms with van der Waals surface area (Å²) in [6, 6.07) is 7.06. The molecule has 2 rings (SSSR count). The predicted octanol–water partition coefficient (Wildman–Crippen LogP) is 4.68. The Morgan fingerprint density at radius 1 is 1.20 bits per heavy atom. The Bertz CT molecular complexity index is 576. The van der Waals surface area contributed by atoms with E-state index in [2.05, 4.69) is 17.2 Å². The third-order valence-electron chi connectivity index (χ3n) is 2.73. The van der Waals surface area contributed by atoms with E-state index < -0.39 is 0 Å². The molecule has 1 heterocycles. The lowest BCUT2D eigenvalue weighted by molar-refractivity contribution is 0.470. The van der Waals surface area contributed by atoms with Crippen molar-refractivity contribution in [3.63, 3.8) is 0 Å². The summed E-state index contributed by atoms with van der Waals surface area (Å²) in [5.74, 6) is 1.21. The minimum atomic E-state index is 0.519. The maximum atomic E-state index is 6.11. The van der Waals surface area contributed by atoms with Crippen LogP contribution < -0.4 is 10.1 Å². The summed E-state index contributed by atoms with van der Waals surface area (Å²) in [6.45, 7) is 3.81. The van der Waals surface area contributed by atoms with Gasteiger partial charge in [-0.2, -0.15) is 0 Å². The molecule has 0 atom stereocenters. The lowest BCUT2D eigenvalue weighted by atomic mass is 10.2. The molecule has 1 aromatic heterocycles. The van der Waals surface area contributed by atoms with Crippen molar-refractivity contribution >= 4 is 23.2 Å². The fourth-order valence-corrected chi connectivity index (χ4v) is 2.04. The van der Waals surface area contributed by atoms with E-state index in [-0.39, 0.29) is 0 Å². The first-order valence-corrected chi connectivity index (χ1v) is 7.23. The summed E-state index contributed by atoms with van der Waals surface area (Å²) in [5, 5.41) is 4.44.